The molecule has 1 N–H and O–H groups in total. The second-order valence-corrected chi connectivity index (χ2v) is 6.52. The Morgan fingerprint density at radius 3 is 2.89 bits per heavy atom. The van der Waals surface area contributed by atoms with Crippen LogP contribution in [0.2, 0.25) is 0 Å². The monoisotopic (exact) mass is 264 g/mol. The molecule has 0 unspecified atom stereocenters. The van der Waals surface area contributed by atoms with Gasteiger partial charge >= 0.3 is 5.97 Å². The molecule has 4 atom stereocenters. The van der Waals surface area contributed by atoms with Crippen molar-refractivity contribution in [3.63, 3.8) is 0 Å². The molecular weight excluding hydrogens is 244 g/mol. The van der Waals surface area contributed by atoms with E-state index < -0.39 is 5.60 Å². The molecule has 0 aromatic heterocycles. The zero-order chi connectivity index (χ0) is 13.8. The van der Waals surface area contributed by atoms with Gasteiger partial charge in [0.1, 0.15) is 11.7 Å². The first-order valence-corrected chi connectivity index (χ1v) is 6.85. The topological polar surface area (TPSA) is 55.8 Å². The summed E-state index contributed by atoms with van der Waals surface area (Å²) in [5.41, 5.74) is 0.894. The zero-order valence-corrected chi connectivity index (χ0v) is 11.4. The molecule has 19 heavy (non-hydrogen) atoms. The molecule has 0 spiro atoms. The van der Waals surface area contributed by atoms with Crippen LogP contribution in [0.4, 0.5) is 0 Å². The lowest BCUT2D eigenvalue weighted by Crippen LogP contribution is -2.47. The van der Waals surface area contributed by atoms with Crippen molar-refractivity contribution in [3.05, 3.63) is 23.8 Å². The van der Waals surface area contributed by atoms with E-state index in [-0.39, 0.29) is 23.4 Å². The summed E-state index contributed by atoms with van der Waals surface area (Å²) in [7, 11) is 0. The first kappa shape index (κ1) is 12.9. The average molecular weight is 264 g/mol. The quantitative estimate of drug-likeness (QED) is 0.260. The molecule has 104 valence electrons. The smallest absolute Gasteiger partial charge is 0.334 e. The fourth-order valence-electron chi connectivity index (χ4n) is 4.05. The summed E-state index contributed by atoms with van der Waals surface area (Å²) < 4.78 is 5.41. The van der Waals surface area contributed by atoms with E-state index in [4.69, 9.17) is 9.62 Å². The molecule has 1 saturated heterocycles. The van der Waals surface area contributed by atoms with Crippen LogP contribution in [0.15, 0.2) is 23.8 Å². The minimum absolute atomic E-state index is 0.0665. The van der Waals surface area contributed by atoms with Crippen molar-refractivity contribution in [1.29, 1.82) is 0 Å². The molecule has 2 fully saturated rings. The highest BCUT2D eigenvalue weighted by Crippen LogP contribution is 2.55. The van der Waals surface area contributed by atoms with Crippen molar-refractivity contribution >= 4 is 5.97 Å². The number of hydrogen-bond acceptors (Lipinski definition) is 4. The van der Waals surface area contributed by atoms with E-state index in [0.717, 1.165) is 31.3 Å². The highest BCUT2D eigenvalue weighted by molar-refractivity contribution is 5.91. The van der Waals surface area contributed by atoms with E-state index in [1.165, 1.54) is 0 Å². The third-order valence-electron chi connectivity index (χ3n) is 5.13. The Morgan fingerprint density at radius 1 is 1.47 bits per heavy atom. The summed E-state index contributed by atoms with van der Waals surface area (Å²) >= 11 is 0. The van der Waals surface area contributed by atoms with E-state index >= 15 is 0 Å². The van der Waals surface area contributed by atoms with Crippen LogP contribution in [0, 0.1) is 11.3 Å². The van der Waals surface area contributed by atoms with Gasteiger partial charge in [0.25, 0.3) is 0 Å². The fraction of sp³-hybridized carbons (Fsp3) is 0.667. The van der Waals surface area contributed by atoms with Gasteiger partial charge in [0.05, 0.1) is 0 Å². The molecule has 4 heteroatoms. The van der Waals surface area contributed by atoms with Gasteiger partial charge in [-0.15, -0.1) is 0 Å². The summed E-state index contributed by atoms with van der Waals surface area (Å²) in [5, 5.41) is 9.30. The Kier molecular flexibility index (Phi) is 2.67. The second-order valence-electron chi connectivity index (χ2n) is 6.52. The largest absolute Gasteiger partial charge is 0.458 e. The molecule has 0 radical (unpaired) electrons. The highest BCUT2D eigenvalue weighted by atomic mass is 17.1. The second kappa shape index (κ2) is 3.93. The van der Waals surface area contributed by atoms with Gasteiger partial charge in [-0.05, 0) is 43.6 Å². The van der Waals surface area contributed by atoms with Gasteiger partial charge in [-0.3, -0.25) is 5.26 Å². The molecule has 1 saturated carbocycles. The molecule has 0 bridgehead atoms. The maximum Gasteiger partial charge on any atom is 0.334 e. The lowest BCUT2D eigenvalue weighted by molar-refractivity contribution is -0.315. The summed E-state index contributed by atoms with van der Waals surface area (Å²) in [6, 6.07) is 0. The highest BCUT2D eigenvalue weighted by Gasteiger charge is 2.53. The SMILES string of the molecule is C=C1C(=O)O[C@@H]2C[C@@]3(C)CCC[C@](C)(OO)C3=C[C@H]12. The Morgan fingerprint density at radius 2 is 2.21 bits per heavy atom. The molecule has 1 aliphatic heterocycles. The van der Waals surface area contributed by atoms with E-state index in [9.17, 15) is 10.1 Å². The predicted molar refractivity (Wildman–Crippen MR) is 69.3 cm³/mol. The van der Waals surface area contributed by atoms with Crippen molar-refractivity contribution in [1.82, 2.24) is 0 Å². The Labute approximate surface area is 113 Å². The van der Waals surface area contributed by atoms with Crippen molar-refractivity contribution in [3.8, 4) is 0 Å². The first-order chi connectivity index (χ1) is 8.89. The number of carbonyl (C=O) groups is 1. The summed E-state index contributed by atoms with van der Waals surface area (Å²) in [4.78, 5) is 16.4. The summed E-state index contributed by atoms with van der Waals surface area (Å²) in [5.74, 6) is -0.358. The van der Waals surface area contributed by atoms with Gasteiger partial charge in [0, 0.05) is 11.5 Å². The standard InChI is InChI=1S/C15H20O4/c1-9-10-7-12-14(2,8-11(10)18-13(9)16)5-4-6-15(12,3)19-17/h7,10-11,17H,1,4-6,8H2,2-3H3/t10-,11-,14-,15+/m1/s1. The van der Waals surface area contributed by atoms with Crippen LogP contribution >= 0.6 is 0 Å². The molecule has 1 heterocycles. The van der Waals surface area contributed by atoms with Gasteiger partial charge in [-0.1, -0.05) is 19.6 Å². The van der Waals surface area contributed by atoms with E-state index in [2.05, 4.69) is 19.6 Å². The van der Waals surface area contributed by atoms with Crippen LogP contribution in [-0.2, 0) is 14.4 Å². The van der Waals surface area contributed by atoms with Crippen LogP contribution in [0.1, 0.15) is 39.5 Å². The lowest BCUT2D eigenvalue weighted by atomic mass is 9.58. The Balaban J connectivity index is 2.06. The first-order valence-electron chi connectivity index (χ1n) is 6.85. The number of hydrogen-bond donors (Lipinski definition) is 1. The fourth-order valence-corrected chi connectivity index (χ4v) is 4.05. The van der Waals surface area contributed by atoms with Gasteiger partial charge < -0.3 is 4.74 Å². The Bertz CT molecular complexity index is 481. The van der Waals surface area contributed by atoms with Crippen molar-refractivity contribution in [2.24, 2.45) is 11.3 Å². The summed E-state index contributed by atoms with van der Waals surface area (Å²) in [6.45, 7) is 7.91. The van der Waals surface area contributed by atoms with E-state index in [1.54, 1.807) is 0 Å². The number of carbonyl (C=O) groups excluding carboxylic acids is 1. The van der Waals surface area contributed by atoms with Crippen molar-refractivity contribution < 1.29 is 19.7 Å². The third kappa shape index (κ3) is 1.70. The van der Waals surface area contributed by atoms with Crippen molar-refractivity contribution in [2.75, 3.05) is 0 Å². The van der Waals surface area contributed by atoms with E-state index in [0.29, 0.717) is 5.57 Å². The van der Waals surface area contributed by atoms with Gasteiger partial charge in [0.15, 0.2) is 0 Å². The molecule has 4 nitrogen and oxygen atoms in total. The third-order valence-corrected chi connectivity index (χ3v) is 5.13. The number of fused-ring (bicyclic) bond motifs is 2. The normalized spacial score (nSPS) is 45.3. The molecule has 3 rings (SSSR count). The minimum Gasteiger partial charge on any atom is -0.458 e. The number of rotatable bonds is 1. The van der Waals surface area contributed by atoms with Crippen molar-refractivity contribution in [2.45, 2.75) is 51.2 Å². The van der Waals surface area contributed by atoms with Crippen LogP contribution < -0.4 is 0 Å². The molecular formula is C15H20O4. The lowest BCUT2D eigenvalue weighted by Gasteiger charge is -2.49. The molecule has 2 aliphatic carbocycles. The maximum atomic E-state index is 11.6. The minimum atomic E-state index is -0.649. The van der Waals surface area contributed by atoms with Crippen LogP contribution in [0.25, 0.3) is 0 Å². The predicted octanol–water partition coefficient (Wildman–Crippen LogP) is 2.85. The average Bonchev–Trinajstić information content (AvgIpc) is 2.62. The Hall–Kier alpha value is -1.13. The van der Waals surface area contributed by atoms with Crippen LogP contribution in [0.3, 0.4) is 0 Å². The van der Waals surface area contributed by atoms with Crippen LogP contribution in [0.5, 0.6) is 0 Å². The van der Waals surface area contributed by atoms with Crippen LogP contribution in [-0.4, -0.2) is 22.9 Å². The molecule has 0 amide bonds. The number of ether oxygens (including phenoxy) is 1. The molecule has 3 aliphatic rings. The van der Waals surface area contributed by atoms with Gasteiger partial charge in [-0.25, -0.2) is 9.68 Å². The van der Waals surface area contributed by atoms with Gasteiger partial charge in [-0.2, -0.15) is 0 Å². The molecule has 0 aromatic carbocycles. The van der Waals surface area contributed by atoms with Gasteiger partial charge in [0.2, 0.25) is 0 Å². The summed E-state index contributed by atoms with van der Waals surface area (Å²) in [6.07, 6.45) is 5.56. The number of esters is 1. The maximum absolute atomic E-state index is 11.6. The zero-order valence-electron chi connectivity index (χ0n) is 11.4. The molecule has 0 aromatic rings. The van der Waals surface area contributed by atoms with E-state index in [1.807, 2.05) is 6.92 Å².